The maximum atomic E-state index is 13.7. The number of rotatable bonds is 6. The molecule has 11 heteroatoms. The van der Waals surface area contributed by atoms with Crippen LogP contribution < -0.4 is 15.4 Å². The predicted octanol–water partition coefficient (Wildman–Crippen LogP) is 3.69. The van der Waals surface area contributed by atoms with Crippen LogP contribution in [0.25, 0.3) is 22.2 Å². The van der Waals surface area contributed by atoms with Crippen LogP contribution in [0.5, 0.6) is 5.75 Å². The quantitative estimate of drug-likeness (QED) is 0.504. The Morgan fingerprint density at radius 2 is 2.03 bits per heavy atom. The Kier molecular flexibility index (Phi) is 5.84. The summed E-state index contributed by atoms with van der Waals surface area (Å²) in [6, 6.07) is 2.74. The summed E-state index contributed by atoms with van der Waals surface area (Å²) < 4.78 is 59.2. The van der Waals surface area contributed by atoms with Crippen LogP contribution in [-0.4, -0.2) is 53.1 Å². The zero-order valence-electron chi connectivity index (χ0n) is 16.8. The molecule has 30 heavy (non-hydrogen) atoms. The maximum Gasteiger partial charge on any atom is 0.419 e. The maximum absolute atomic E-state index is 13.7. The first-order chi connectivity index (χ1) is 14.0. The smallest absolute Gasteiger partial charge is 0.419 e. The highest BCUT2D eigenvalue weighted by atomic mass is 31.2. The van der Waals surface area contributed by atoms with E-state index in [9.17, 15) is 22.8 Å². The van der Waals surface area contributed by atoms with Crippen LogP contribution in [0.3, 0.4) is 0 Å². The standard InChI is InChI=1S/C19H22F3N4O3P/c1-10(9-27)25-18-24-8-13(19(20,21)22)15(26-18)12-7-23-16-11(12)5-6-14(29-2)17(16)30(3,4)28/h5-8,10,23,27H,9H2,1-4H3,(H,24,25,26). The Labute approximate surface area is 171 Å². The molecule has 3 rings (SSSR count). The average Bonchev–Trinajstić information content (AvgIpc) is 3.08. The minimum atomic E-state index is -4.68. The number of benzene rings is 1. The van der Waals surface area contributed by atoms with Crippen LogP contribution in [0.4, 0.5) is 19.1 Å². The molecule has 7 nitrogen and oxygen atoms in total. The second-order valence-corrected chi connectivity index (χ2v) is 10.4. The first-order valence-corrected chi connectivity index (χ1v) is 11.6. The Morgan fingerprint density at radius 1 is 1.33 bits per heavy atom. The summed E-state index contributed by atoms with van der Waals surface area (Å²) in [5, 5.41) is 12.8. The van der Waals surface area contributed by atoms with Gasteiger partial charge in [-0.05, 0) is 32.4 Å². The second kappa shape index (κ2) is 7.92. The van der Waals surface area contributed by atoms with Crippen molar-refractivity contribution < 1.29 is 27.6 Å². The van der Waals surface area contributed by atoms with Gasteiger partial charge in [0.25, 0.3) is 0 Å². The minimum Gasteiger partial charge on any atom is -0.496 e. The fourth-order valence-corrected chi connectivity index (χ4v) is 4.61. The molecule has 3 N–H and O–H groups in total. The van der Waals surface area contributed by atoms with Crippen molar-refractivity contribution in [3.63, 3.8) is 0 Å². The van der Waals surface area contributed by atoms with Crippen LogP contribution in [0.15, 0.2) is 24.5 Å². The third-order valence-corrected chi connectivity index (χ3v) is 6.07. The number of hydrogen-bond donors (Lipinski definition) is 3. The molecule has 0 saturated heterocycles. The number of alkyl halides is 3. The fourth-order valence-electron chi connectivity index (χ4n) is 3.19. The van der Waals surface area contributed by atoms with Gasteiger partial charge in [-0.3, -0.25) is 0 Å². The van der Waals surface area contributed by atoms with Gasteiger partial charge in [0.2, 0.25) is 5.95 Å². The number of aromatic nitrogens is 3. The second-order valence-electron chi connectivity index (χ2n) is 7.27. The number of aromatic amines is 1. The van der Waals surface area contributed by atoms with Gasteiger partial charge in [-0.2, -0.15) is 13.2 Å². The molecule has 0 radical (unpaired) electrons. The van der Waals surface area contributed by atoms with E-state index >= 15 is 0 Å². The summed E-state index contributed by atoms with van der Waals surface area (Å²) in [5.41, 5.74) is -0.701. The van der Waals surface area contributed by atoms with Crippen LogP contribution in [0, 0.1) is 0 Å². The van der Waals surface area contributed by atoms with E-state index < -0.39 is 24.9 Å². The number of methoxy groups -OCH3 is 1. The van der Waals surface area contributed by atoms with Crippen LogP contribution in [0.1, 0.15) is 12.5 Å². The molecule has 162 valence electrons. The number of ether oxygens (including phenoxy) is 1. The van der Waals surface area contributed by atoms with Gasteiger partial charge in [-0.15, -0.1) is 0 Å². The molecule has 0 aliphatic rings. The van der Waals surface area contributed by atoms with Crippen LogP contribution in [0.2, 0.25) is 0 Å². The molecule has 3 aromatic rings. The van der Waals surface area contributed by atoms with E-state index in [0.29, 0.717) is 28.2 Å². The van der Waals surface area contributed by atoms with E-state index in [4.69, 9.17) is 4.74 Å². The summed E-state index contributed by atoms with van der Waals surface area (Å²) in [7, 11) is -1.38. The van der Waals surface area contributed by atoms with Crippen molar-refractivity contribution >= 4 is 29.3 Å². The summed E-state index contributed by atoms with van der Waals surface area (Å²) in [6.07, 6.45) is -2.57. The third-order valence-electron chi connectivity index (χ3n) is 4.55. The molecule has 0 aliphatic carbocycles. The molecular weight excluding hydrogens is 420 g/mol. The van der Waals surface area contributed by atoms with Crippen LogP contribution >= 0.6 is 7.14 Å². The van der Waals surface area contributed by atoms with Gasteiger partial charge in [0.05, 0.1) is 30.2 Å². The van der Waals surface area contributed by atoms with Gasteiger partial charge < -0.3 is 24.7 Å². The lowest BCUT2D eigenvalue weighted by molar-refractivity contribution is -0.137. The van der Waals surface area contributed by atoms with E-state index in [1.54, 1.807) is 32.4 Å². The Hall–Kier alpha value is -2.58. The molecule has 0 bridgehead atoms. The lowest BCUT2D eigenvalue weighted by atomic mass is 10.1. The van der Waals surface area contributed by atoms with Crippen molar-refractivity contribution in [3.05, 3.63) is 30.1 Å². The average molecular weight is 442 g/mol. The van der Waals surface area contributed by atoms with E-state index in [1.807, 2.05) is 0 Å². The molecule has 1 unspecified atom stereocenters. The molecule has 1 aromatic carbocycles. The number of nitrogens with one attached hydrogen (secondary N) is 2. The third kappa shape index (κ3) is 4.15. The summed E-state index contributed by atoms with van der Waals surface area (Å²) in [4.78, 5) is 10.8. The van der Waals surface area contributed by atoms with Crippen molar-refractivity contribution in [3.8, 4) is 17.0 Å². The molecule has 0 fully saturated rings. The lowest BCUT2D eigenvalue weighted by Crippen LogP contribution is -2.21. The molecule has 0 aliphatic heterocycles. The summed E-state index contributed by atoms with van der Waals surface area (Å²) in [6.45, 7) is 4.53. The highest BCUT2D eigenvalue weighted by Crippen LogP contribution is 2.44. The highest BCUT2D eigenvalue weighted by Gasteiger charge is 2.36. The van der Waals surface area contributed by atoms with Gasteiger partial charge in [0.15, 0.2) is 0 Å². The number of nitrogens with zero attached hydrogens (tertiary/aromatic N) is 2. The van der Waals surface area contributed by atoms with E-state index in [1.165, 1.54) is 13.3 Å². The number of aliphatic hydroxyl groups is 1. The molecule has 1 atom stereocenters. The number of hydrogen-bond acceptors (Lipinski definition) is 6. The van der Waals surface area contributed by atoms with Crippen LogP contribution in [-0.2, 0) is 10.7 Å². The van der Waals surface area contributed by atoms with E-state index in [0.717, 1.165) is 0 Å². The summed E-state index contributed by atoms with van der Waals surface area (Å²) in [5.74, 6) is 0.349. The SMILES string of the molecule is COc1ccc2c(-c3nc(NC(C)CO)ncc3C(F)(F)F)c[nH]c2c1P(C)(C)=O. The molecular formula is C19H22F3N4O3P. The molecule has 0 amide bonds. The zero-order valence-corrected chi connectivity index (χ0v) is 17.7. The Balaban J connectivity index is 2.29. The molecule has 2 aromatic heterocycles. The summed E-state index contributed by atoms with van der Waals surface area (Å²) >= 11 is 0. The molecule has 2 heterocycles. The number of aliphatic hydroxyl groups excluding tert-OH is 1. The van der Waals surface area contributed by atoms with Crippen molar-refractivity contribution in [2.75, 3.05) is 32.4 Å². The molecule has 0 saturated carbocycles. The minimum absolute atomic E-state index is 0.0423. The number of H-pyrrole nitrogens is 1. The van der Waals surface area contributed by atoms with Gasteiger partial charge >= 0.3 is 6.18 Å². The normalized spacial score (nSPS) is 13.5. The lowest BCUT2D eigenvalue weighted by Gasteiger charge is -2.16. The van der Waals surface area contributed by atoms with Gasteiger partial charge in [0.1, 0.15) is 18.5 Å². The van der Waals surface area contributed by atoms with Crippen molar-refractivity contribution in [2.45, 2.75) is 19.1 Å². The number of halogens is 3. The predicted molar refractivity (Wildman–Crippen MR) is 110 cm³/mol. The molecule has 0 spiro atoms. The Morgan fingerprint density at radius 3 is 2.60 bits per heavy atom. The number of anilines is 1. The highest BCUT2D eigenvalue weighted by molar-refractivity contribution is 7.70. The van der Waals surface area contributed by atoms with Crippen molar-refractivity contribution in [1.82, 2.24) is 15.0 Å². The van der Waals surface area contributed by atoms with E-state index in [2.05, 4.69) is 20.3 Å². The largest absolute Gasteiger partial charge is 0.496 e. The Bertz CT molecular complexity index is 1120. The monoisotopic (exact) mass is 442 g/mol. The first-order valence-electron chi connectivity index (χ1n) is 9.03. The topological polar surface area (TPSA) is 100 Å². The van der Waals surface area contributed by atoms with Gasteiger partial charge in [0, 0.05) is 29.4 Å². The fraction of sp³-hybridized carbons (Fsp3) is 0.368. The van der Waals surface area contributed by atoms with Gasteiger partial charge in [-0.25, -0.2) is 9.97 Å². The van der Waals surface area contributed by atoms with Gasteiger partial charge in [-0.1, -0.05) is 0 Å². The van der Waals surface area contributed by atoms with Crippen molar-refractivity contribution in [1.29, 1.82) is 0 Å². The van der Waals surface area contributed by atoms with E-state index in [-0.39, 0.29) is 23.8 Å². The zero-order chi connectivity index (χ0) is 22.3. The first kappa shape index (κ1) is 22.1. The van der Waals surface area contributed by atoms with Crippen molar-refractivity contribution in [2.24, 2.45) is 0 Å². The number of fused-ring (bicyclic) bond motifs is 1.